The average molecular weight is 507 g/mol. The van der Waals surface area contributed by atoms with Crippen molar-refractivity contribution < 1.29 is 43.5 Å². The number of benzene rings is 2. The lowest BCUT2D eigenvalue weighted by molar-refractivity contribution is -0.123. The molecule has 3 aliphatic rings. The number of carbonyl (C=O) groups is 3. The first-order valence-electron chi connectivity index (χ1n) is 11.6. The monoisotopic (exact) mass is 507 g/mol. The third-order valence-electron chi connectivity index (χ3n) is 6.86. The Morgan fingerprint density at radius 2 is 1.86 bits per heavy atom. The van der Waals surface area contributed by atoms with Gasteiger partial charge in [-0.15, -0.1) is 0 Å². The van der Waals surface area contributed by atoms with Gasteiger partial charge >= 0.3 is 0 Å². The highest BCUT2D eigenvalue weighted by Crippen LogP contribution is 2.57. The standard InChI is InChI=1S/C27H25NO9/c1-12-23(31)21(14(3)29)25-22(24(12)32)27(4)19(37-25)10-16(30)20(26(27)33)13(2)28-7-8-34-15-5-6-17-18(9-15)36-11-35-17/h5-6,9-10,28,31-32H,7-8,11H2,1-4H3/b20-13+/t27-/m0/s1. The van der Waals surface area contributed by atoms with Gasteiger partial charge in [0.25, 0.3) is 0 Å². The zero-order valence-electron chi connectivity index (χ0n) is 20.7. The minimum absolute atomic E-state index is 0.0111. The number of Topliss-reactive ketones (excluding diaryl/α,β-unsaturated/α-hetero) is 2. The molecule has 0 radical (unpaired) electrons. The first-order chi connectivity index (χ1) is 17.6. The molecule has 3 N–H and O–H groups in total. The Morgan fingerprint density at radius 1 is 1.14 bits per heavy atom. The van der Waals surface area contributed by atoms with Crippen molar-refractivity contribution in [3.8, 4) is 34.5 Å². The van der Waals surface area contributed by atoms with Gasteiger partial charge in [0.2, 0.25) is 6.79 Å². The van der Waals surface area contributed by atoms with Gasteiger partial charge in [0.15, 0.2) is 28.8 Å². The van der Waals surface area contributed by atoms with Crippen molar-refractivity contribution in [3.05, 3.63) is 58.0 Å². The second-order valence-corrected chi connectivity index (χ2v) is 9.18. The van der Waals surface area contributed by atoms with Crippen molar-refractivity contribution in [2.24, 2.45) is 0 Å². The third kappa shape index (κ3) is 3.59. The third-order valence-corrected chi connectivity index (χ3v) is 6.86. The number of hydrogen-bond donors (Lipinski definition) is 3. The fourth-order valence-corrected chi connectivity index (χ4v) is 4.82. The largest absolute Gasteiger partial charge is 0.507 e. The van der Waals surface area contributed by atoms with Crippen molar-refractivity contribution in [2.75, 3.05) is 19.9 Å². The Balaban J connectivity index is 1.41. The molecule has 1 atom stereocenters. The van der Waals surface area contributed by atoms with E-state index in [2.05, 4.69) is 5.32 Å². The normalized spacial score (nSPS) is 20.6. The van der Waals surface area contributed by atoms with Crippen LogP contribution in [0.2, 0.25) is 0 Å². The van der Waals surface area contributed by atoms with E-state index >= 15 is 0 Å². The topological polar surface area (TPSA) is 141 Å². The van der Waals surface area contributed by atoms with Crippen LogP contribution in [0, 0.1) is 6.92 Å². The summed E-state index contributed by atoms with van der Waals surface area (Å²) in [5.41, 5.74) is -1.38. The molecule has 0 spiro atoms. The molecule has 2 heterocycles. The molecule has 10 heteroatoms. The first kappa shape index (κ1) is 24.2. The van der Waals surface area contributed by atoms with Crippen molar-refractivity contribution in [3.63, 3.8) is 0 Å². The van der Waals surface area contributed by atoms with Crippen LogP contribution in [0.25, 0.3) is 0 Å². The Morgan fingerprint density at radius 3 is 2.59 bits per heavy atom. The summed E-state index contributed by atoms with van der Waals surface area (Å²) in [4.78, 5) is 39.0. The molecule has 192 valence electrons. The van der Waals surface area contributed by atoms with Crippen molar-refractivity contribution >= 4 is 17.3 Å². The molecule has 0 saturated carbocycles. The molecule has 5 rings (SSSR count). The molecule has 37 heavy (non-hydrogen) atoms. The number of fused-ring (bicyclic) bond motifs is 4. The number of nitrogens with one attached hydrogen (secondary N) is 1. The molecule has 2 aliphatic heterocycles. The zero-order valence-corrected chi connectivity index (χ0v) is 20.7. The molecule has 2 aromatic carbocycles. The van der Waals surface area contributed by atoms with Crippen LogP contribution in [-0.4, -0.2) is 47.5 Å². The van der Waals surface area contributed by atoms with Gasteiger partial charge in [0.05, 0.1) is 11.1 Å². The van der Waals surface area contributed by atoms with Gasteiger partial charge in [0.1, 0.15) is 46.3 Å². The summed E-state index contributed by atoms with van der Waals surface area (Å²) in [6.07, 6.45) is 1.18. The molecule has 0 aromatic heterocycles. The Bertz CT molecular complexity index is 1450. The number of aromatic hydroxyl groups is 2. The quantitative estimate of drug-likeness (QED) is 0.231. The van der Waals surface area contributed by atoms with E-state index in [1.807, 2.05) is 0 Å². The minimum atomic E-state index is -1.56. The summed E-state index contributed by atoms with van der Waals surface area (Å²) in [6.45, 7) is 6.49. The molecule has 1 aliphatic carbocycles. The molecule has 10 nitrogen and oxygen atoms in total. The lowest BCUT2D eigenvalue weighted by atomic mass is 9.70. The molecular formula is C27H25NO9. The highest BCUT2D eigenvalue weighted by atomic mass is 16.7. The lowest BCUT2D eigenvalue weighted by Crippen LogP contribution is -2.41. The van der Waals surface area contributed by atoms with Gasteiger partial charge in [-0.2, -0.15) is 0 Å². The highest BCUT2D eigenvalue weighted by molar-refractivity contribution is 6.31. The first-order valence-corrected chi connectivity index (χ1v) is 11.6. The number of ether oxygens (including phenoxy) is 4. The Kier molecular flexibility index (Phi) is 5.62. The molecule has 0 fully saturated rings. The summed E-state index contributed by atoms with van der Waals surface area (Å²) < 4.78 is 22.1. The van der Waals surface area contributed by atoms with E-state index < -0.39 is 28.5 Å². The van der Waals surface area contributed by atoms with Crippen LogP contribution in [0.15, 0.2) is 41.3 Å². The average Bonchev–Trinajstić information content (AvgIpc) is 3.43. The van der Waals surface area contributed by atoms with E-state index in [9.17, 15) is 24.6 Å². The number of phenols is 2. The lowest BCUT2D eigenvalue weighted by Gasteiger charge is -2.29. The van der Waals surface area contributed by atoms with Crippen LogP contribution in [0.5, 0.6) is 34.5 Å². The van der Waals surface area contributed by atoms with E-state index in [-0.39, 0.29) is 59.5 Å². The van der Waals surface area contributed by atoms with Crippen molar-refractivity contribution in [1.29, 1.82) is 0 Å². The smallest absolute Gasteiger partial charge is 0.231 e. The zero-order chi connectivity index (χ0) is 26.6. The van der Waals surface area contributed by atoms with E-state index in [0.717, 1.165) is 0 Å². The van der Waals surface area contributed by atoms with Crippen LogP contribution in [0.1, 0.15) is 42.3 Å². The Hall–Kier alpha value is -4.47. The highest BCUT2D eigenvalue weighted by Gasteiger charge is 2.56. The molecule has 0 bridgehead atoms. The summed E-state index contributed by atoms with van der Waals surface area (Å²) in [6, 6.07) is 5.21. The van der Waals surface area contributed by atoms with Gasteiger partial charge in [-0.3, -0.25) is 14.4 Å². The van der Waals surface area contributed by atoms with Crippen LogP contribution < -0.4 is 24.3 Å². The number of allylic oxidation sites excluding steroid dienone is 4. The summed E-state index contributed by atoms with van der Waals surface area (Å²) in [5, 5.41) is 24.4. The van der Waals surface area contributed by atoms with E-state index in [1.165, 1.54) is 26.8 Å². The predicted molar refractivity (Wildman–Crippen MR) is 129 cm³/mol. The van der Waals surface area contributed by atoms with Gasteiger partial charge in [0, 0.05) is 29.9 Å². The fraction of sp³-hybridized carbons (Fsp3) is 0.296. The summed E-state index contributed by atoms with van der Waals surface area (Å²) >= 11 is 0. The molecular weight excluding hydrogens is 482 g/mol. The maximum absolute atomic E-state index is 13.8. The summed E-state index contributed by atoms with van der Waals surface area (Å²) in [7, 11) is 0. The van der Waals surface area contributed by atoms with E-state index in [0.29, 0.717) is 22.9 Å². The second kappa shape index (κ2) is 8.58. The summed E-state index contributed by atoms with van der Waals surface area (Å²) in [5.74, 6) is -0.778. The maximum atomic E-state index is 13.8. The molecule has 2 aromatic rings. The Labute approximate surface area is 212 Å². The molecule has 0 amide bonds. The minimum Gasteiger partial charge on any atom is -0.507 e. The van der Waals surface area contributed by atoms with Gasteiger partial charge in [-0.25, -0.2) is 0 Å². The fourth-order valence-electron chi connectivity index (χ4n) is 4.82. The molecule has 0 saturated heterocycles. The van der Waals surface area contributed by atoms with Crippen LogP contribution in [0.4, 0.5) is 0 Å². The predicted octanol–water partition coefficient (Wildman–Crippen LogP) is 2.97. The number of hydrogen-bond acceptors (Lipinski definition) is 10. The second-order valence-electron chi connectivity index (χ2n) is 9.18. The van der Waals surface area contributed by atoms with Crippen molar-refractivity contribution in [1.82, 2.24) is 5.32 Å². The number of carbonyl (C=O) groups excluding carboxylic acids is 3. The number of phenolic OH excluding ortho intramolecular Hbond substituents is 2. The van der Waals surface area contributed by atoms with Crippen LogP contribution >= 0.6 is 0 Å². The number of rotatable bonds is 6. The maximum Gasteiger partial charge on any atom is 0.231 e. The molecule has 0 unspecified atom stereocenters. The number of ketones is 3. The van der Waals surface area contributed by atoms with Crippen LogP contribution in [0.3, 0.4) is 0 Å². The van der Waals surface area contributed by atoms with Gasteiger partial charge in [-0.1, -0.05) is 0 Å². The van der Waals surface area contributed by atoms with E-state index in [1.54, 1.807) is 25.1 Å². The van der Waals surface area contributed by atoms with E-state index in [4.69, 9.17) is 18.9 Å². The SMILES string of the molecule is CC(=O)c1c(O)c(C)c(O)c2c1OC1=CC(=O)/C(=C(/C)NCCOc3ccc4c(c3)OCO4)C(=O)[C@@]12C. The van der Waals surface area contributed by atoms with Gasteiger partial charge in [-0.05, 0) is 39.8 Å². The van der Waals surface area contributed by atoms with Crippen molar-refractivity contribution in [2.45, 2.75) is 33.1 Å². The van der Waals surface area contributed by atoms with Crippen LogP contribution in [-0.2, 0) is 15.0 Å². The van der Waals surface area contributed by atoms with Gasteiger partial charge < -0.3 is 34.5 Å².